The number of aromatic nitrogens is 1. The molecule has 1 aromatic heterocycles. The van der Waals surface area contributed by atoms with Crippen LogP contribution in [0.1, 0.15) is 32.0 Å². The highest BCUT2D eigenvalue weighted by molar-refractivity contribution is 6.30. The molecule has 0 unspecified atom stereocenters. The van der Waals surface area contributed by atoms with Crippen molar-refractivity contribution < 1.29 is 4.74 Å². The minimum absolute atomic E-state index is 0.119. The molecule has 0 saturated carbocycles. The van der Waals surface area contributed by atoms with Crippen LogP contribution in [0.2, 0.25) is 5.02 Å². The van der Waals surface area contributed by atoms with E-state index in [0.29, 0.717) is 11.6 Å². The Labute approximate surface area is 119 Å². The van der Waals surface area contributed by atoms with Crippen LogP contribution in [0.4, 0.5) is 0 Å². The van der Waals surface area contributed by atoms with Crippen LogP contribution in [0.25, 0.3) is 0 Å². The Kier molecular flexibility index (Phi) is 4.11. The third kappa shape index (κ3) is 3.97. The van der Waals surface area contributed by atoms with Crippen LogP contribution in [0.3, 0.4) is 0 Å². The van der Waals surface area contributed by atoms with Crippen molar-refractivity contribution in [2.24, 2.45) is 0 Å². The zero-order valence-electron chi connectivity index (χ0n) is 11.5. The summed E-state index contributed by atoms with van der Waals surface area (Å²) in [6, 6.07) is 11.7. The van der Waals surface area contributed by atoms with E-state index >= 15 is 0 Å². The fourth-order valence-electron chi connectivity index (χ4n) is 1.74. The number of hydrogen-bond donors (Lipinski definition) is 0. The Bertz CT molecular complexity index is 561. The number of nitrogens with zero attached hydrogens (tertiary/aromatic N) is 1. The van der Waals surface area contributed by atoms with E-state index in [-0.39, 0.29) is 5.41 Å². The summed E-state index contributed by atoms with van der Waals surface area (Å²) in [6.07, 6.45) is 1.69. The van der Waals surface area contributed by atoms with Crippen molar-refractivity contribution in [2.45, 2.75) is 32.8 Å². The van der Waals surface area contributed by atoms with Gasteiger partial charge in [-0.1, -0.05) is 44.5 Å². The lowest BCUT2D eigenvalue weighted by molar-refractivity contribution is 0.300. The molecule has 0 aliphatic heterocycles. The molecule has 0 amide bonds. The maximum atomic E-state index is 5.92. The molecule has 0 saturated heterocycles. The average molecular weight is 276 g/mol. The van der Waals surface area contributed by atoms with Gasteiger partial charge in [-0.3, -0.25) is 4.98 Å². The van der Waals surface area contributed by atoms with Crippen molar-refractivity contribution in [3.63, 3.8) is 0 Å². The molecular weight excluding hydrogens is 258 g/mol. The molecule has 0 N–H and O–H groups in total. The number of ether oxygens (including phenoxy) is 1. The highest BCUT2D eigenvalue weighted by Gasteiger charge is 2.13. The van der Waals surface area contributed by atoms with Gasteiger partial charge >= 0.3 is 0 Å². The summed E-state index contributed by atoms with van der Waals surface area (Å²) < 4.78 is 5.76. The molecule has 3 heteroatoms. The van der Waals surface area contributed by atoms with Gasteiger partial charge in [0.1, 0.15) is 12.4 Å². The molecule has 0 fully saturated rings. The topological polar surface area (TPSA) is 22.1 Å². The van der Waals surface area contributed by atoms with Gasteiger partial charge < -0.3 is 4.74 Å². The average Bonchev–Trinajstić information content (AvgIpc) is 2.36. The zero-order valence-corrected chi connectivity index (χ0v) is 12.2. The Morgan fingerprint density at radius 3 is 2.63 bits per heavy atom. The van der Waals surface area contributed by atoms with E-state index in [1.54, 1.807) is 12.3 Å². The van der Waals surface area contributed by atoms with Crippen molar-refractivity contribution in [3.8, 4) is 5.75 Å². The number of benzene rings is 1. The summed E-state index contributed by atoms with van der Waals surface area (Å²) in [5.74, 6) is 0.856. The molecule has 0 spiro atoms. The Balaban J connectivity index is 2.08. The SMILES string of the molecule is CC(C)(C)c1cccc(OCc2cc(Cl)ccn2)c1. The monoisotopic (exact) mass is 275 g/mol. The molecule has 0 bridgehead atoms. The summed E-state index contributed by atoms with van der Waals surface area (Å²) in [6.45, 7) is 6.98. The fourth-order valence-corrected chi connectivity index (χ4v) is 1.92. The van der Waals surface area contributed by atoms with Crippen LogP contribution >= 0.6 is 11.6 Å². The molecule has 1 heterocycles. The maximum absolute atomic E-state index is 5.92. The summed E-state index contributed by atoms with van der Waals surface area (Å²) in [5.41, 5.74) is 2.20. The van der Waals surface area contributed by atoms with Crippen molar-refractivity contribution in [1.82, 2.24) is 4.98 Å². The molecule has 0 aliphatic carbocycles. The number of hydrogen-bond acceptors (Lipinski definition) is 2. The Morgan fingerprint density at radius 1 is 1.16 bits per heavy atom. The number of rotatable bonds is 3. The second-order valence-corrected chi connectivity index (χ2v) is 5.97. The Hall–Kier alpha value is -1.54. The standard InChI is InChI=1S/C16H18ClNO/c1-16(2,3)12-5-4-6-15(9-12)19-11-14-10-13(17)7-8-18-14/h4-10H,11H2,1-3H3. The first-order valence-electron chi connectivity index (χ1n) is 6.29. The van der Waals surface area contributed by atoms with Gasteiger partial charge in [0.2, 0.25) is 0 Å². The molecule has 2 nitrogen and oxygen atoms in total. The summed E-state index contributed by atoms with van der Waals surface area (Å²) in [7, 11) is 0. The molecule has 19 heavy (non-hydrogen) atoms. The molecule has 0 radical (unpaired) electrons. The second-order valence-electron chi connectivity index (χ2n) is 5.53. The second kappa shape index (κ2) is 5.62. The molecule has 2 aromatic rings. The fraction of sp³-hybridized carbons (Fsp3) is 0.312. The number of pyridine rings is 1. The first kappa shape index (κ1) is 13.9. The van der Waals surface area contributed by atoms with Crippen molar-refractivity contribution in [1.29, 1.82) is 0 Å². The lowest BCUT2D eigenvalue weighted by Gasteiger charge is -2.19. The van der Waals surface area contributed by atoms with Crippen LogP contribution in [-0.2, 0) is 12.0 Å². The van der Waals surface area contributed by atoms with Crippen molar-refractivity contribution in [2.75, 3.05) is 0 Å². The van der Waals surface area contributed by atoms with Crippen molar-refractivity contribution in [3.05, 3.63) is 58.9 Å². The zero-order chi connectivity index (χ0) is 13.9. The van der Waals surface area contributed by atoms with Gasteiger partial charge in [0.15, 0.2) is 0 Å². The molecular formula is C16H18ClNO. The quantitative estimate of drug-likeness (QED) is 0.816. The third-order valence-corrected chi connectivity index (χ3v) is 3.10. The van der Waals surface area contributed by atoms with Gasteiger partial charge in [-0.25, -0.2) is 0 Å². The van der Waals surface area contributed by atoms with Gasteiger partial charge in [-0.2, -0.15) is 0 Å². The third-order valence-electron chi connectivity index (χ3n) is 2.87. The lowest BCUT2D eigenvalue weighted by Crippen LogP contribution is -2.11. The molecule has 0 atom stereocenters. The van der Waals surface area contributed by atoms with E-state index in [2.05, 4.69) is 37.9 Å². The summed E-state index contributed by atoms with van der Waals surface area (Å²) in [5, 5.41) is 0.678. The summed E-state index contributed by atoms with van der Waals surface area (Å²) in [4.78, 5) is 4.22. The van der Waals surface area contributed by atoms with Gasteiger partial charge in [0.05, 0.1) is 5.69 Å². The molecule has 1 aromatic carbocycles. The summed E-state index contributed by atoms with van der Waals surface area (Å²) >= 11 is 5.92. The van der Waals surface area contributed by atoms with E-state index in [0.717, 1.165) is 11.4 Å². The van der Waals surface area contributed by atoms with E-state index in [1.165, 1.54) is 5.56 Å². The maximum Gasteiger partial charge on any atom is 0.130 e. The van der Waals surface area contributed by atoms with E-state index in [4.69, 9.17) is 16.3 Å². The van der Waals surface area contributed by atoms with Crippen LogP contribution in [0.5, 0.6) is 5.75 Å². The Morgan fingerprint density at radius 2 is 1.95 bits per heavy atom. The molecule has 0 aliphatic rings. The van der Waals surface area contributed by atoms with Gasteiger partial charge in [0, 0.05) is 11.2 Å². The highest BCUT2D eigenvalue weighted by Crippen LogP contribution is 2.26. The van der Waals surface area contributed by atoms with Crippen LogP contribution in [0.15, 0.2) is 42.6 Å². The predicted octanol–water partition coefficient (Wildman–Crippen LogP) is 4.61. The molecule has 100 valence electrons. The van der Waals surface area contributed by atoms with Gasteiger partial charge in [0.25, 0.3) is 0 Å². The normalized spacial score (nSPS) is 11.4. The van der Waals surface area contributed by atoms with Gasteiger partial charge in [-0.05, 0) is 35.2 Å². The van der Waals surface area contributed by atoms with Crippen LogP contribution < -0.4 is 4.74 Å². The smallest absolute Gasteiger partial charge is 0.130 e. The van der Waals surface area contributed by atoms with E-state index < -0.39 is 0 Å². The van der Waals surface area contributed by atoms with E-state index in [1.807, 2.05) is 18.2 Å². The first-order valence-corrected chi connectivity index (χ1v) is 6.67. The largest absolute Gasteiger partial charge is 0.487 e. The first-order chi connectivity index (χ1) is 8.95. The highest BCUT2D eigenvalue weighted by atomic mass is 35.5. The van der Waals surface area contributed by atoms with E-state index in [9.17, 15) is 0 Å². The lowest BCUT2D eigenvalue weighted by atomic mass is 9.87. The van der Waals surface area contributed by atoms with Gasteiger partial charge in [-0.15, -0.1) is 0 Å². The van der Waals surface area contributed by atoms with Crippen LogP contribution in [0, 0.1) is 0 Å². The van der Waals surface area contributed by atoms with Crippen molar-refractivity contribution >= 4 is 11.6 Å². The van der Waals surface area contributed by atoms with Crippen LogP contribution in [-0.4, -0.2) is 4.98 Å². The molecule has 2 rings (SSSR count). The predicted molar refractivity (Wildman–Crippen MR) is 78.7 cm³/mol. The number of halogens is 1. The minimum Gasteiger partial charge on any atom is -0.487 e. The minimum atomic E-state index is 0.119.